The van der Waals surface area contributed by atoms with Crippen molar-refractivity contribution in [3.8, 4) is 0 Å². The Bertz CT molecular complexity index is 1280. The van der Waals surface area contributed by atoms with Gasteiger partial charge in [-0.1, -0.05) is 182 Å². The van der Waals surface area contributed by atoms with Gasteiger partial charge in [-0.15, -0.1) is 30.6 Å². The van der Waals surface area contributed by atoms with E-state index in [1.165, 1.54) is 0 Å². The zero-order valence-electron chi connectivity index (χ0n) is 34.2. The van der Waals surface area contributed by atoms with Crippen LogP contribution in [0.25, 0.3) is 0 Å². The third-order valence-corrected chi connectivity index (χ3v) is 44.1. The molecule has 0 atom stereocenters. The molecule has 0 heterocycles. The van der Waals surface area contributed by atoms with Crippen molar-refractivity contribution < 1.29 is 0 Å². The predicted molar refractivity (Wildman–Crippen MR) is 258 cm³/mol. The van der Waals surface area contributed by atoms with Gasteiger partial charge in [-0.25, -0.2) is 0 Å². The van der Waals surface area contributed by atoms with Crippen LogP contribution >= 0.6 is 62.4 Å². The zero-order valence-corrected chi connectivity index (χ0v) is 44.9. The van der Waals surface area contributed by atoms with E-state index in [2.05, 4.69) is 222 Å². The minimum absolute atomic E-state index is 0.679. The first-order valence-electron chi connectivity index (χ1n) is 19.0. The molecular weight excluding hydrogens is 936 g/mol. The molecule has 0 saturated heterocycles. The van der Waals surface area contributed by atoms with Crippen LogP contribution in [0.3, 0.4) is 0 Å². The van der Waals surface area contributed by atoms with E-state index in [0.717, 1.165) is 31.1 Å². The number of hydrogen-bond acceptors (Lipinski definition) is 0. The summed E-state index contributed by atoms with van der Waals surface area (Å²) in [6.07, 6.45) is 0. The second-order valence-corrected chi connectivity index (χ2v) is 43.8. The van der Waals surface area contributed by atoms with Gasteiger partial charge in [-0.05, 0) is 98.7 Å². The molecular formula is C42H70Br4Si4. The lowest BCUT2D eigenvalue weighted by molar-refractivity contribution is 0.938. The minimum atomic E-state index is -1.71. The molecule has 282 valence electrons. The van der Waals surface area contributed by atoms with Gasteiger partial charge in [0.25, 0.3) is 0 Å². The molecule has 3 rings (SSSR count). The van der Waals surface area contributed by atoms with Crippen molar-refractivity contribution in [2.45, 2.75) is 155 Å². The van der Waals surface area contributed by atoms with Crippen LogP contribution in [-0.4, -0.2) is 31.0 Å². The standard InChI is InChI=1S/C18H32Br2Si2.C18H34Si2.C6H4Br2/c1-13(2)21(19,14(3)4)17-11-9-10-12-18(17)22(20,15(5)6)16(7)8;1-13(2)19(14(3)4)17-11-9-10-12-18(17)20(15(5)6)16(7)8;7-5-3-1-2-4-6(5)8/h9-16H,1-8H3;9-16,19-20H,1-8H3;1-4H. The summed E-state index contributed by atoms with van der Waals surface area (Å²) < 4.78 is 2.19. The van der Waals surface area contributed by atoms with Crippen molar-refractivity contribution in [1.82, 2.24) is 0 Å². The summed E-state index contributed by atoms with van der Waals surface area (Å²) in [7, 11) is -1.76. The SMILES string of the molecule is Brc1ccccc1Br.CC(C)[SiH](c1ccccc1[SiH](C(C)C)C(C)C)C(C)C.CC(C)[Si](Br)(c1ccccc1[Si](Br)(C(C)C)C(C)C)C(C)C. The predicted octanol–water partition coefficient (Wildman–Crippen LogP) is 13.8. The van der Waals surface area contributed by atoms with Crippen LogP contribution < -0.4 is 20.7 Å². The second kappa shape index (κ2) is 22.1. The number of hydrogen-bond donors (Lipinski definition) is 0. The third-order valence-electron chi connectivity index (χ3n) is 10.5. The quantitative estimate of drug-likeness (QED) is 0.125. The molecule has 3 aromatic rings. The van der Waals surface area contributed by atoms with Gasteiger partial charge in [0.2, 0.25) is 0 Å². The molecule has 3 aromatic carbocycles. The lowest BCUT2D eigenvalue weighted by Gasteiger charge is -2.41. The van der Waals surface area contributed by atoms with E-state index in [1.54, 1.807) is 20.7 Å². The highest BCUT2D eigenvalue weighted by molar-refractivity contribution is 9.27. The summed E-state index contributed by atoms with van der Waals surface area (Å²) in [6.45, 7) is 35.2. The van der Waals surface area contributed by atoms with E-state index in [1.807, 2.05) is 24.3 Å². The van der Waals surface area contributed by atoms with Gasteiger partial charge in [0, 0.05) is 8.95 Å². The minimum Gasteiger partial charge on any atom is -0.120 e. The van der Waals surface area contributed by atoms with Crippen LogP contribution in [0.5, 0.6) is 0 Å². The van der Waals surface area contributed by atoms with E-state index < -0.39 is 31.0 Å². The first-order chi connectivity index (χ1) is 23.1. The highest BCUT2D eigenvalue weighted by Crippen LogP contribution is 2.41. The molecule has 0 aromatic heterocycles. The smallest absolute Gasteiger partial charge is 0.120 e. The van der Waals surface area contributed by atoms with Gasteiger partial charge >= 0.3 is 0 Å². The average molecular weight is 1010 g/mol. The first-order valence-corrected chi connectivity index (χ1v) is 33.3. The van der Waals surface area contributed by atoms with Gasteiger partial charge in [0.15, 0.2) is 13.4 Å². The second-order valence-electron chi connectivity index (χ2n) is 16.8. The zero-order chi connectivity index (χ0) is 38.7. The monoisotopic (exact) mass is 1000 g/mol. The third kappa shape index (κ3) is 12.5. The van der Waals surface area contributed by atoms with Crippen molar-refractivity contribution in [2.75, 3.05) is 0 Å². The van der Waals surface area contributed by atoms with Crippen LogP contribution in [0.4, 0.5) is 0 Å². The lowest BCUT2D eigenvalue weighted by Crippen LogP contribution is -2.62. The Hall–Kier alpha value is 0.448. The Kier molecular flexibility index (Phi) is 21.4. The summed E-state index contributed by atoms with van der Waals surface area (Å²) in [6, 6.07) is 26.7. The van der Waals surface area contributed by atoms with E-state index in [-0.39, 0.29) is 0 Å². The molecule has 50 heavy (non-hydrogen) atoms. The van der Waals surface area contributed by atoms with Crippen molar-refractivity contribution >= 4 is 114 Å². The van der Waals surface area contributed by atoms with E-state index in [4.69, 9.17) is 0 Å². The maximum Gasteiger partial charge on any atom is 0.165 e. The summed E-state index contributed by atoms with van der Waals surface area (Å²) >= 11 is 15.3. The number of benzene rings is 3. The summed E-state index contributed by atoms with van der Waals surface area (Å²) in [5.41, 5.74) is 6.13. The Morgan fingerprint density at radius 1 is 0.380 bits per heavy atom. The molecule has 0 radical (unpaired) electrons. The van der Waals surface area contributed by atoms with Crippen molar-refractivity contribution in [3.63, 3.8) is 0 Å². The molecule has 0 aliphatic heterocycles. The Morgan fingerprint density at radius 3 is 0.800 bits per heavy atom. The van der Waals surface area contributed by atoms with Gasteiger partial charge in [-0.3, -0.25) is 0 Å². The van der Waals surface area contributed by atoms with Gasteiger partial charge < -0.3 is 0 Å². The molecule has 0 bridgehead atoms. The maximum atomic E-state index is 4.30. The summed E-state index contributed by atoms with van der Waals surface area (Å²) in [4.78, 5) is 0. The van der Waals surface area contributed by atoms with Crippen LogP contribution in [0.1, 0.15) is 111 Å². The molecule has 0 N–H and O–H groups in total. The van der Waals surface area contributed by atoms with Crippen molar-refractivity contribution in [1.29, 1.82) is 0 Å². The first kappa shape index (κ1) is 48.5. The normalized spacial score (nSPS) is 12.6. The van der Waals surface area contributed by atoms with Crippen LogP contribution in [0.2, 0.25) is 44.3 Å². The molecule has 0 saturated carbocycles. The molecule has 0 amide bonds. The van der Waals surface area contributed by atoms with Gasteiger partial charge in [-0.2, -0.15) is 0 Å². The largest absolute Gasteiger partial charge is 0.165 e. The van der Waals surface area contributed by atoms with Gasteiger partial charge in [0.05, 0.1) is 17.6 Å². The fourth-order valence-electron chi connectivity index (χ4n) is 8.26. The van der Waals surface area contributed by atoms with E-state index in [0.29, 0.717) is 22.2 Å². The van der Waals surface area contributed by atoms with Crippen LogP contribution in [0, 0.1) is 0 Å². The number of rotatable bonds is 12. The average Bonchev–Trinajstić information content (AvgIpc) is 3.02. The van der Waals surface area contributed by atoms with E-state index >= 15 is 0 Å². The summed E-state index contributed by atoms with van der Waals surface area (Å²) in [5, 5.41) is 6.84. The Labute approximate surface area is 347 Å². The summed E-state index contributed by atoms with van der Waals surface area (Å²) in [5.74, 6) is 0. The number of halogens is 4. The molecule has 0 unspecified atom stereocenters. The molecule has 8 heteroatoms. The fraction of sp³-hybridized carbons (Fsp3) is 0.571. The Morgan fingerprint density at radius 2 is 0.600 bits per heavy atom. The molecule has 0 aliphatic rings. The molecule has 0 spiro atoms. The van der Waals surface area contributed by atoms with Crippen molar-refractivity contribution in [2.24, 2.45) is 0 Å². The molecule has 0 nitrogen and oxygen atoms in total. The highest BCUT2D eigenvalue weighted by Gasteiger charge is 2.47. The highest BCUT2D eigenvalue weighted by atomic mass is 79.9. The van der Waals surface area contributed by atoms with Crippen LogP contribution in [-0.2, 0) is 0 Å². The molecule has 0 aliphatic carbocycles. The lowest BCUT2D eigenvalue weighted by atomic mass is 10.4. The maximum absolute atomic E-state index is 4.30. The van der Waals surface area contributed by atoms with Crippen molar-refractivity contribution in [3.05, 3.63) is 81.7 Å². The van der Waals surface area contributed by atoms with Crippen LogP contribution in [0.15, 0.2) is 81.7 Å². The topological polar surface area (TPSA) is 0 Å². The van der Waals surface area contributed by atoms with E-state index in [9.17, 15) is 0 Å². The Balaban J connectivity index is 0.000000411. The molecule has 0 fully saturated rings. The fourth-order valence-corrected chi connectivity index (χ4v) is 28.8. The van der Waals surface area contributed by atoms with Gasteiger partial charge in [0.1, 0.15) is 0 Å².